The Kier molecular flexibility index (Phi) is 50.5. The monoisotopic (exact) mass is 1090 g/mol. The Labute approximate surface area is 470 Å². The lowest BCUT2D eigenvalue weighted by atomic mass is 9.98. The quantitative estimate of drug-likeness (QED) is 0.0228. The number of aliphatic carboxylic acids is 1. The van der Waals surface area contributed by atoms with E-state index in [0.29, 0.717) is 19.3 Å². The third-order valence-electron chi connectivity index (χ3n) is 15.0. The van der Waals surface area contributed by atoms with E-state index in [0.717, 1.165) is 83.5 Å². The number of esters is 3. The summed E-state index contributed by atoms with van der Waals surface area (Å²) in [5, 5.41) is 31.6. The lowest BCUT2D eigenvalue weighted by Crippen LogP contribution is -2.61. The van der Waals surface area contributed by atoms with Gasteiger partial charge in [-0.05, 0) is 51.4 Å². The highest BCUT2D eigenvalue weighted by atomic mass is 16.7. The van der Waals surface area contributed by atoms with E-state index in [1.165, 1.54) is 173 Å². The average Bonchev–Trinajstić information content (AvgIpc) is 3.43. The third-order valence-corrected chi connectivity index (χ3v) is 15.0. The highest BCUT2D eigenvalue weighted by Gasteiger charge is 2.50. The Bertz CT molecular complexity index is 1430. The van der Waals surface area contributed by atoms with Crippen molar-refractivity contribution >= 4 is 23.9 Å². The summed E-state index contributed by atoms with van der Waals surface area (Å²) >= 11 is 0. The molecule has 0 amide bonds. The molecule has 0 aliphatic carbocycles. The van der Waals surface area contributed by atoms with Gasteiger partial charge in [-0.2, -0.15) is 0 Å². The minimum absolute atomic E-state index is 0.0659. The molecule has 6 unspecified atom stereocenters. The second-order valence-electron chi connectivity index (χ2n) is 22.4. The van der Waals surface area contributed by atoms with Crippen molar-refractivity contribution in [1.82, 2.24) is 0 Å². The van der Waals surface area contributed by atoms with Crippen LogP contribution in [0.1, 0.15) is 316 Å². The molecule has 1 heterocycles. The summed E-state index contributed by atoms with van der Waals surface area (Å²) in [5.74, 6) is -3.10. The van der Waals surface area contributed by atoms with Gasteiger partial charge in [0, 0.05) is 19.3 Å². The smallest absolute Gasteiger partial charge is 0.335 e. The number of unbranched alkanes of at least 4 members (excludes halogenated alkanes) is 38. The molecule has 0 aromatic rings. The van der Waals surface area contributed by atoms with Gasteiger partial charge in [-0.3, -0.25) is 14.4 Å². The zero-order valence-corrected chi connectivity index (χ0v) is 49.7. The fourth-order valence-corrected chi connectivity index (χ4v) is 10.0. The summed E-state index contributed by atoms with van der Waals surface area (Å²) in [6.45, 7) is 6.01. The Morgan fingerprint density at radius 1 is 0.429 bits per heavy atom. The van der Waals surface area contributed by atoms with Crippen molar-refractivity contribution in [2.75, 3.05) is 13.2 Å². The van der Waals surface area contributed by atoms with Crippen LogP contribution in [-0.2, 0) is 42.9 Å². The van der Waals surface area contributed by atoms with Crippen LogP contribution in [-0.4, -0.2) is 89.2 Å². The molecule has 1 aliphatic heterocycles. The molecule has 12 heteroatoms. The van der Waals surface area contributed by atoms with Crippen LogP contribution in [0.5, 0.6) is 0 Å². The number of carbonyl (C=O) groups is 4. The highest BCUT2D eigenvalue weighted by molar-refractivity contribution is 5.74. The predicted octanol–water partition coefficient (Wildman–Crippen LogP) is 17.0. The molecule has 1 saturated heterocycles. The van der Waals surface area contributed by atoms with Crippen LogP contribution >= 0.6 is 0 Å². The summed E-state index contributed by atoms with van der Waals surface area (Å²) in [5.41, 5.74) is 0. The molecule has 0 radical (unpaired) electrons. The summed E-state index contributed by atoms with van der Waals surface area (Å²) in [6.07, 6.45) is 49.9. The minimum Gasteiger partial charge on any atom is -0.479 e. The standard InChI is InChI=1S/C65H118O12/c1-4-7-10-13-16-19-22-25-28-29-32-33-36-39-42-45-48-51-57(66)73-54-56(75-58(67)52-49-46-43-40-37-34-30-26-23-20-17-14-11-8-5-2)55-74-65-63(61(70)60(69)62(77-65)64(71)72)76-59(68)53-50-47-44-41-38-35-31-27-24-21-18-15-12-9-6-3/h17,20,26,30,56,60-63,65,69-70H,4-16,18-19,21-25,27-29,31-55H2,1-3H3,(H,71,72)/b20-17-,30-26-. The zero-order chi connectivity index (χ0) is 56.1. The molecule has 0 bridgehead atoms. The molecule has 6 atom stereocenters. The van der Waals surface area contributed by atoms with Crippen LogP contribution in [0.25, 0.3) is 0 Å². The van der Waals surface area contributed by atoms with E-state index in [1.54, 1.807) is 0 Å². The summed E-state index contributed by atoms with van der Waals surface area (Å²) < 4.78 is 28.5. The predicted molar refractivity (Wildman–Crippen MR) is 313 cm³/mol. The number of carboxylic acids is 1. The van der Waals surface area contributed by atoms with Gasteiger partial charge in [-0.15, -0.1) is 0 Å². The van der Waals surface area contributed by atoms with Crippen molar-refractivity contribution in [2.45, 2.75) is 353 Å². The number of carboxylic acid groups (broad SMARTS) is 1. The number of rotatable bonds is 56. The second kappa shape index (κ2) is 53.8. The molecule has 12 nitrogen and oxygen atoms in total. The summed E-state index contributed by atoms with van der Waals surface area (Å²) in [4.78, 5) is 51.3. The van der Waals surface area contributed by atoms with Crippen LogP contribution in [0, 0.1) is 0 Å². The van der Waals surface area contributed by atoms with Crippen molar-refractivity contribution in [3.63, 3.8) is 0 Å². The number of aliphatic hydroxyl groups is 2. The Morgan fingerprint density at radius 3 is 1.19 bits per heavy atom. The van der Waals surface area contributed by atoms with Gasteiger partial charge in [-0.1, -0.05) is 270 Å². The average molecular weight is 1090 g/mol. The van der Waals surface area contributed by atoms with Crippen LogP contribution < -0.4 is 0 Å². The Balaban J connectivity index is 2.65. The van der Waals surface area contributed by atoms with Gasteiger partial charge in [0.1, 0.15) is 18.8 Å². The van der Waals surface area contributed by atoms with Gasteiger partial charge in [0.05, 0.1) is 6.61 Å². The van der Waals surface area contributed by atoms with E-state index in [4.69, 9.17) is 23.7 Å². The maximum absolute atomic E-state index is 13.2. The molecule has 77 heavy (non-hydrogen) atoms. The van der Waals surface area contributed by atoms with E-state index < -0.39 is 67.3 Å². The van der Waals surface area contributed by atoms with Gasteiger partial charge in [0.2, 0.25) is 0 Å². The first-order chi connectivity index (χ1) is 37.6. The largest absolute Gasteiger partial charge is 0.479 e. The molecule has 0 aromatic heterocycles. The lowest BCUT2D eigenvalue weighted by Gasteiger charge is -2.40. The molecule has 450 valence electrons. The summed E-state index contributed by atoms with van der Waals surface area (Å²) in [6, 6.07) is 0. The molecule has 1 aliphatic rings. The van der Waals surface area contributed by atoms with Gasteiger partial charge in [-0.25, -0.2) is 4.79 Å². The van der Waals surface area contributed by atoms with Gasteiger partial charge < -0.3 is 39.0 Å². The fraction of sp³-hybridized carbons (Fsp3) is 0.877. The van der Waals surface area contributed by atoms with Gasteiger partial charge in [0.25, 0.3) is 0 Å². The van der Waals surface area contributed by atoms with Crippen molar-refractivity contribution in [2.24, 2.45) is 0 Å². The Morgan fingerprint density at radius 2 is 0.779 bits per heavy atom. The summed E-state index contributed by atoms with van der Waals surface area (Å²) in [7, 11) is 0. The minimum atomic E-state index is -1.90. The number of hydrogen-bond acceptors (Lipinski definition) is 11. The maximum Gasteiger partial charge on any atom is 0.335 e. The SMILES string of the molecule is CCCCC/C=C\C/C=C\CCCCCCCC(=O)OC(COC(=O)CCCCCCCCCCCCCCCCCCC)COC1OC(C(=O)O)C(O)C(O)C1OC(=O)CCCCCCCCCCCCCCCCC. The first-order valence-corrected chi connectivity index (χ1v) is 32.3. The zero-order valence-electron chi connectivity index (χ0n) is 49.7. The maximum atomic E-state index is 13.2. The van der Waals surface area contributed by atoms with E-state index in [2.05, 4.69) is 45.1 Å². The highest BCUT2D eigenvalue weighted by Crippen LogP contribution is 2.27. The van der Waals surface area contributed by atoms with Gasteiger partial charge in [0.15, 0.2) is 24.6 Å². The van der Waals surface area contributed by atoms with Crippen molar-refractivity contribution in [1.29, 1.82) is 0 Å². The van der Waals surface area contributed by atoms with E-state index in [1.807, 2.05) is 0 Å². The van der Waals surface area contributed by atoms with Crippen LogP contribution in [0.2, 0.25) is 0 Å². The van der Waals surface area contributed by atoms with Crippen LogP contribution in [0.3, 0.4) is 0 Å². The number of ether oxygens (including phenoxy) is 5. The Hall–Kier alpha value is -2.80. The molecule has 0 spiro atoms. The number of allylic oxidation sites excluding steroid dienone is 4. The molecular formula is C65H118O12. The second-order valence-corrected chi connectivity index (χ2v) is 22.4. The van der Waals surface area contributed by atoms with E-state index in [-0.39, 0.29) is 25.9 Å². The number of aliphatic hydroxyl groups excluding tert-OH is 2. The van der Waals surface area contributed by atoms with E-state index in [9.17, 15) is 34.5 Å². The molecule has 1 rings (SSSR count). The molecule has 0 saturated carbocycles. The molecule has 3 N–H and O–H groups in total. The topological polar surface area (TPSA) is 175 Å². The first kappa shape index (κ1) is 72.2. The van der Waals surface area contributed by atoms with Crippen molar-refractivity contribution < 1.29 is 58.2 Å². The van der Waals surface area contributed by atoms with Crippen LogP contribution in [0.15, 0.2) is 24.3 Å². The van der Waals surface area contributed by atoms with Crippen LogP contribution in [0.4, 0.5) is 0 Å². The fourth-order valence-electron chi connectivity index (χ4n) is 10.0. The van der Waals surface area contributed by atoms with Crippen molar-refractivity contribution in [3.05, 3.63) is 24.3 Å². The molecule has 1 fully saturated rings. The first-order valence-electron chi connectivity index (χ1n) is 32.3. The number of hydrogen-bond donors (Lipinski definition) is 3. The third kappa shape index (κ3) is 43.7. The van der Waals surface area contributed by atoms with Crippen molar-refractivity contribution in [3.8, 4) is 0 Å². The lowest BCUT2D eigenvalue weighted by molar-refractivity contribution is -0.301. The van der Waals surface area contributed by atoms with Gasteiger partial charge >= 0.3 is 23.9 Å². The van der Waals surface area contributed by atoms with E-state index >= 15 is 0 Å². The number of carbonyl (C=O) groups excluding carboxylic acids is 3. The molecule has 0 aromatic carbocycles. The molecular weight excluding hydrogens is 973 g/mol. The normalized spacial score (nSPS) is 18.1.